The van der Waals surface area contributed by atoms with Crippen molar-refractivity contribution in [1.82, 2.24) is 19.0 Å². The van der Waals surface area contributed by atoms with Crippen LogP contribution in [0.15, 0.2) is 72.3 Å². The number of benzene rings is 2. The summed E-state index contributed by atoms with van der Waals surface area (Å²) in [5.41, 5.74) is 0.963. The number of ether oxygens (including phenoxy) is 1. The number of carbonyl (C=O) groups is 1. The molecule has 1 atom stereocenters. The lowest BCUT2D eigenvalue weighted by molar-refractivity contribution is -0.125. The predicted octanol–water partition coefficient (Wildman–Crippen LogP) is 4.87. The monoisotopic (exact) mass is 496 g/mol. The van der Waals surface area contributed by atoms with Gasteiger partial charge < -0.3 is 9.64 Å². The summed E-state index contributed by atoms with van der Waals surface area (Å²) >= 11 is 5.77. The lowest BCUT2D eigenvalue weighted by Gasteiger charge is -2.15. The molecule has 1 saturated heterocycles. The maximum atomic E-state index is 15.0. The van der Waals surface area contributed by atoms with Crippen LogP contribution in [0.2, 0.25) is 5.02 Å². The van der Waals surface area contributed by atoms with Gasteiger partial charge in [-0.1, -0.05) is 24.2 Å². The van der Waals surface area contributed by atoms with Crippen molar-refractivity contribution in [2.75, 3.05) is 13.1 Å². The molecule has 2 aromatic heterocycles. The van der Waals surface area contributed by atoms with E-state index in [1.807, 2.05) is 0 Å². The van der Waals surface area contributed by atoms with Gasteiger partial charge in [0.25, 0.3) is 0 Å². The average molecular weight is 497 g/mol. The van der Waals surface area contributed by atoms with Gasteiger partial charge in [0.05, 0.1) is 34.0 Å². The van der Waals surface area contributed by atoms with E-state index in [1.54, 1.807) is 21.7 Å². The minimum atomic E-state index is -0.802. The first kappa shape index (κ1) is 22.8. The molecule has 0 unspecified atom stereocenters. The second kappa shape index (κ2) is 8.99. The molecule has 2 aromatic carbocycles. The van der Waals surface area contributed by atoms with E-state index in [9.17, 15) is 14.0 Å². The Hall–Kier alpha value is -3.98. The summed E-state index contributed by atoms with van der Waals surface area (Å²) in [6, 6.07) is 9.59. The smallest absolute Gasteiger partial charge is 0.334 e. The fraction of sp³-hybridized carbons (Fsp3) is 0.160. The van der Waals surface area contributed by atoms with Crippen LogP contribution in [0.1, 0.15) is 12.5 Å². The summed E-state index contributed by atoms with van der Waals surface area (Å²) < 4.78 is 37.5. The van der Waals surface area contributed by atoms with Crippen LogP contribution in [0.3, 0.4) is 0 Å². The molecule has 0 bridgehead atoms. The zero-order valence-electron chi connectivity index (χ0n) is 18.3. The number of fused-ring (bicyclic) bond motifs is 1. The number of hydrogen-bond acceptors (Lipinski definition) is 4. The second-order valence-corrected chi connectivity index (χ2v) is 8.46. The molecule has 4 aromatic rings. The Balaban J connectivity index is 1.54. The Morgan fingerprint density at radius 3 is 2.77 bits per heavy atom. The highest BCUT2D eigenvalue weighted by Gasteiger charge is 2.30. The number of amides is 1. The Morgan fingerprint density at radius 1 is 1.17 bits per heavy atom. The molecule has 7 nitrogen and oxygen atoms in total. The summed E-state index contributed by atoms with van der Waals surface area (Å²) in [4.78, 5) is 31.3. The second-order valence-electron chi connectivity index (χ2n) is 8.05. The van der Waals surface area contributed by atoms with E-state index < -0.39 is 11.6 Å². The van der Waals surface area contributed by atoms with Gasteiger partial charge in [-0.3, -0.25) is 18.9 Å². The fourth-order valence-corrected chi connectivity index (χ4v) is 4.51. The lowest BCUT2D eigenvalue weighted by Crippen LogP contribution is -2.31. The van der Waals surface area contributed by atoms with Crippen molar-refractivity contribution < 1.29 is 18.3 Å². The standard InChI is InChI=1S/C25H19ClF2N4O3/c1-2-23(33)30-11-9-16(14-30)32-19-8-10-29-13-20(19)31(25(32)34)15-6-7-21(18(27)12-15)35-22-5-3-4-17(26)24(22)28/h2-8,10,12-13,16H,1,9,11,14H2/t16-/m1/s1. The van der Waals surface area contributed by atoms with Crippen LogP contribution in [0.25, 0.3) is 16.7 Å². The van der Waals surface area contributed by atoms with Gasteiger partial charge in [-0.25, -0.2) is 13.6 Å². The first-order valence-electron chi connectivity index (χ1n) is 10.8. The van der Waals surface area contributed by atoms with Gasteiger partial charge in [0.1, 0.15) is 0 Å². The van der Waals surface area contributed by atoms with Crippen molar-refractivity contribution in [3.05, 3.63) is 94.7 Å². The third-order valence-electron chi connectivity index (χ3n) is 6.00. The zero-order chi connectivity index (χ0) is 24.7. The number of pyridine rings is 1. The van der Waals surface area contributed by atoms with Crippen molar-refractivity contribution >= 4 is 28.5 Å². The highest BCUT2D eigenvalue weighted by Crippen LogP contribution is 2.32. The number of likely N-dealkylation sites (tertiary alicyclic amines) is 1. The normalized spacial score (nSPS) is 15.5. The van der Waals surface area contributed by atoms with Crippen LogP contribution in [0.4, 0.5) is 8.78 Å². The number of halogens is 3. The Bertz CT molecular complexity index is 1530. The van der Waals surface area contributed by atoms with Gasteiger partial charge >= 0.3 is 5.69 Å². The van der Waals surface area contributed by atoms with Crippen molar-refractivity contribution in [1.29, 1.82) is 0 Å². The highest BCUT2D eigenvalue weighted by molar-refractivity contribution is 6.30. The van der Waals surface area contributed by atoms with Crippen molar-refractivity contribution in [3.8, 4) is 17.2 Å². The number of nitrogens with zero attached hydrogens (tertiary/aromatic N) is 4. The lowest BCUT2D eigenvalue weighted by atomic mass is 10.2. The Kier molecular flexibility index (Phi) is 5.86. The van der Waals surface area contributed by atoms with Gasteiger partial charge in [-0.2, -0.15) is 0 Å². The first-order valence-corrected chi connectivity index (χ1v) is 11.2. The van der Waals surface area contributed by atoms with Crippen LogP contribution in [0, 0.1) is 11.6 Å². The van der Waals surface area contributed by atoms with Gasteiger partial charge in [-0.15, -0.1) is 0 Å². The molecule has 1 fully saturated rings. The molecular weight excluding hydrogens is 478 g/mol. The molecule has 10 heteroatoms. The summed E-state index contributed by atoms with van der Waals surface area (Å²) in [7, 11) is 0. The first-order chi connectivity index (χ1) is 16.9. The van der Waals surface area contributed by atoms with E-state index >= 15 is 4.39 Å². The molecule has 35 heavy (non-hydrogen) atoms. The number of carbonyl (C=O) groups excluding carboxylic acids is 1. The van der Waals surface area contributed by atoms with Crippen LogP contribution in [-0.2, 0) is 4.79 Å². The fourth-order valence-electron chi connectivity index (χ4n) is 4.35. The molecule has 0 radical (unpaired) electrons. The molecule has 0 saturated carbocycles. The van der Waals surface area contributed by atoms with Crippen molar-refractivity contribution in [2.45, 2.75) is 12.5 Å². The van der Waals surface area contributed by atoms with Gasteiger partial charge in [0, 0.05) is 25.4 Å². The number of hydrogen-bond donors (Lipinski definition) is 0. The van der Waals surface area contributed by atoms with E-state index in [0.717, 1.165) is 6.07 Å². The maximum absolute atomic E-state index is 15.0. The van der Waals surface area contributed by atoms with E-state index in [-0.39, 0.29) is 39.8 Å². The van der Waals surface area contributed by atoms with Crippen LogP contribution >= 0.6 is 11.6 Å². The van der Waals surface area contributed by atoms with E-state index in [4.69, 9.17) is 16.3 Å². The summed E-state index contributed by atoms with van der Waals surface area (Å²) in [5.74, 6) is -2.23. The minimum Gasteiger partial charge on any atom is -0.451 e. The van der Waals surface area contributed by atoms with Crippen LogP contribution < -0.4 is 10.4 Å². The van der Waals surface area contributed by atoms with Crippen LogP contribution in [-0.4, -0.2) is 38.0 Å². The molecule has 0 aliphatic carbocycles. The van der Waals surface area contributed by atoms with Gasteiger partial charge in [0.2, 0.25) is 5.91 Å². The summed E-state index contributed by atoms with van der Waals surface area (Å²) in [6.45, 7) is 4.38. The quantitative estimate of drug-likeness (QED) is 0.370. The predicted molar refractivity (Wildman–Crippen MR) is 127 cm³/mol. The van der Waals surface area contributed by atoms with Crippen molar-refractivity contribution in [2.24, 2.45) is 0 Å². The number of rotatable bonds is 5. The molecule has 178 valence electrons. The number of imidazole rings is 1. The topological polar surface area (TPSA) is 69.4 Å². The minimum absolute atomic E-state index is 0.147. The highest BCUT2D eigenvalue weighted by atomic mass is 35.5. The third kappa shape index (κ3) is 3.97. The molecule has 1 aliphatic rings. The molecule has 3 heterocycles. The molecular formula is C25H19ClF2N4O3. The summed E-state index contributed by atoms with van der Waals surface area (Å²) in [6.07, 6.45) is 4.94. The van der Waals surface area contributed by atoms with Crippen molar-refractivity contribution in [3.63, 3.8) is 0 Å². The molecule has 1 amide bonds. The number of aromatic nitrogens is 3. The molecule has 0 spiro atoms. The van der Waals surface area contributed by atoms with Crippen LogP contribution in [0.5, 0.6) is 11.5 Å². The average Bonchev–Trinajstić information content (AvgIpc) is 3.44. The van der Waals surface area contributed by atoms with Gasteiger partial charge in [0.15, 0.2) is 23.1 Å². The van der Waals surface area contributed by atoms with E-state index in [0.29, 0.717) is 30.5 Å². The van der Waals surface area contributed by atoms with E-state index in [1.165, 1.54) is 47.2 Å². The molecule has 5 rings (SSSR count). The van der Waals surface area contributed by atoms with Gasteiger partial charge in [-0.05, 0) is 42.8 Å². The summed E-state index contributed by atoms with van der Waals surface area (Å²) in [5, 5.41) is -0.147. The SMILES string of the molecule is C=CC(=O)N1CC[C@@H](n2c(=O)n(-c3ccc(Oc4cccc(Cl)c4F)c(F)c3)c3cnccc32)C1. The molecule has 1 aliphatic heterocycles. The molecule has 0 N–H and O–H groups in total. The zero-order valence-corrected chi connectivity index (χ0v) is 19.1. The Labute approximate surface area is 203 Å². The third-order valence-corrected chi connectivity index (χ3v) is 6.29. The Morgan fingerprint density at radius 2 is 2.00 bits per heavy atom. The van der Waals surface area contributed by atoms with E-state index in [2.05, 4.69) is 11.6 Å². The largest absolute Gasteiger partial charge is 0.451 e. The maximum Gasteiger partial charge on any atom is 0.334 e.